The van der Waals surface area contributed by atoms with Gasteiger partial charge < -0.3 is 10.6 Å². The first-order valence-electron chi connectivity index (χ1n) is 5.47. The molecule has 1 aliphatic rings. The molecule has 0 aromatic carbocycles. The fraction of sp³-hybridized carbons (Fsp3) is 0.900. The van der Waals surface area contributed by atoms with Crippen molar-refractivity contribution >= 4 is 18.3 Å². The van der Waals surface area contributed by atoms with E-state index in [-0.39, 0.29) is 37.5 Å². The number of rotatable bonds is 3. The van der Waals surface area contributed by atoms with Crippen molar-refractivity contribution in [1.82, 2.24) is 4.90 Å². The van der Waals surface area contributed by atoms with E-state index in [1.165, 1.54) is 0 Å². The number of piperidine rings is 1. The van der Waals surface area contributed by atoms with Gasteiger partial charge in [-0.3, -0.25) is 4.79 Å². The van der Waals surface area contributed by atoms with Crippen LogP contribution in [0, 0.1) is 5.92 Å². The summed E-state index contributed by atoms with van der Waals surface area (Å²) >= 11 is 0. The van der Waals surface area contributed by atoms with Crippen molar-refractivity contribution in [3.05, 3.63) is 0 Å². The summed E-state index contributed by atoms with van der Waals surface area (Å²) in [6, 6.07) is -0.245. The maximum Gasteiger partial charge on any atom is 0.383 e. The minimum absolute atomic E-state index is 0. The average molecular weight is 293 g/mol. The minimum Gasteiger partial charge on any atom is -0.337 e. The second kappa shape index (κ2) is 6.56. The molecule has 1 rings (SSSR count). The Morgan fingerprint density at radius 2 is 2.00 bits per heavy atom. The number of amides is 1. The van der Waals surface area contributed by atoms with Gasteiger partial charge in [0.15, 0.2) is 0 Å². The third-order valence-corrected chi connectivity index (χ3v) is 3.05. The monoisotopic (exact) mass is 292 g/mol. The molecular formula is C10H17ClF4N2O. The van der Waals surface area contributed by atoms with Crippen molar-refractivity contribution in [2.45, 2.75) is 38.2 Å². The summed E-state index contributed by atoms with van der Waals surface area (Å²) < 4.78 is 49.9. The lowest BCUT2D eigenvalue weighted by Gasteiger charge is -2.36. The van der Waals surface area contributed by atoms with Crippen LogP contribution >= 0.6 is 12.4 Å². The number of carbonyl (C=O) groups excluding carboxylic acids is 1. The molecule has 2 unspecified atom stereocenters. The first-order chi connectivity index (χ1) is 7.76. The molecule has 0 radical (unpaired) electrons. The normalized spacial score (nSPS) is 22.6. The molecule has 0 aromatic heterocycles. The Morgan fingerprint density at radius 3 is 2.44 bits per heavy atom. The number of nitrogens with two attached hydrogens (primary N) is 1. The summed E-state index contributed by atoms with van der Waals surface area (Å²) in [5, 5.41) is 0. The minimum atomic E-state index is -4.60. The Hall–Kier alpha value is -0.560. The number of hydrogen-bond acceptors (Lipinski definition) is 2. The van der Waals surface area contributed by atoms with Gasteiger partial charge in [0, 0.05) is 19.1 Å². The van der Waals surface area contributed by atoms with Crippen molar-refractivity contribution in [3.63, 3.8) is 0 Å². The van der Waals surface area contributed by atoms with Crippen molar-refractivity contribution in [2.75, 3.05) is 13.1 Å². The first-order valence-corrected chi connectivity index (χ1v) is 5.47. The van der Waals surface area contributed by atoms with E-state index in [1.807, 2.05) is 0 Å². The number of nitrogens with zero attached hydrogens (tertiary/aromatic N) is 1. The fourth-order valence-electron chi connectivity index (χ4n) is 1.93. The zero-order chi connectivity index (χ0) is 13.2. The van der Waals surface area contributed by atoms with Gasteiger partial charge in [-0.1, -0.05) is 0 Å². The largest absolute Gasteiger partial charge is 0.383 e. The van der Waals surface area contributed by atoms with Gasteiger partial charge in [-0.15, -0.1) is 12.4 Å². The van der Waals surface area contributed by atoms with E-state index in [0.29, 0.717) is 6.42 Å². The Morgan fingerprint density at radius 1 is 1.44 bits per heavy atom. The van der Waals surface area contributed by atoms with E-state index in [4.69, 9.17) is 5.73 Å². The van der Waals surface area contributed by atoms with Crippen LogP contribution in [0.1, 0.15) is 19.8 Å². The van der Waals surface area contributed by atoms with E-state index in [0.717, 1.165) is 11.3 Å². The van der Waals surface area contributed by atoms with Gasteiger partial charge >= 0.3 is 12.3 Å². The summed E-state index contributed by atoms with van der Waals surface area (Å²) in [5.41, 5.74) is 5.62. The third kappa shape index (κ3) is 3.71. The highest BCUT2D eigenvalue weighted by Gasteiger charge is 2.51. The fourth-order valence-corrected chi connectivity index (χ4v) is 1.93. The zero-order valence-electron chi connectivity index (χ0n) is 9.91. The van der Waals surface area contributed by atoms with Crippen LogP contribution in [0.25, 0.3) is 0 Å². The number of halogens is 5. The van der Waals surface area contributed by atoms with E-state index < -0.39 is 18.3 Å². The van der Waals surface area contributed by atoms with Gasteiger partial charge in [0.2, 0.25) is 0 Å². The summed E-state index contributed by atoms with van der Waals surface area (Å²) in [4.78, 5) is 12.1. The molecule has 2 N–H and O–H groups in total. The predicted molar refractivity (Wildman–Crippen MR) is 61.2 cm³/mol. The molecule has 1 aliphatic heterocycles. The lowest BCUT2D eigenvalue weighted by Crippen LogP contribution is -2.52. The number of carbonyl (C=O) groups is 1. The van der Waals surface area contributed by atoms with E-state index >= 15 is 0 Å². The quantitative estimate of drug-likeness (QED) is 0.808. The van der Waals surface area contributed by atoms with Crippen molar-refractivity contribution in [3.8, 4) is 0 Å². The molecule has 0 spiro atoms. The number of hydrogen-bond donors (Lipinski definition) is 1. The molecule has 1 amide bonds. The SMILES string of the molecule is CC(N)C1CCCN(C(=O)C(F)(F)C(F)F)C1.Cl. The van der Waals surface area contributed by atoms with Crippen LogP contribution in [-0.2, 0) is 4.79 Å². The molecule has 3 nitrogen and oxygen atoms in total. The molecular weight excluding hydrogens is 276 g/mol. The predicted octanol–water partition coefficient (Wildman–Crippen LogP) is 1.89. The smallest absolute Gasteiger partial charge is 0.337 e. The Labute approximate surface area is 109 Å². The second-order valence-electron chi connectivity index (χ2n) is 4.44. The highest BCUT2D eigenvalue weighted by molar-refractivity contribution is 5.85. The molecule has 1 saturated heterocycles. The zero-order valence-corrected chi connectivity index (χ0v) is 10.7. The van der Waals surface area contributed by atoms with E-state index in [2.05, 4.69) is 0 Å². The topological polar surface area (TPSA) is 46.3 Å². The molecule has 0 bridgehead atoms. The summed E-state index contributed by atoms with van der Waals surface area (Å²) in [5.74, 6) is -6.50. The van der Waals surface area contributed by atoms with Crippen LogP contribution < -0.4 is 5.73 Å². The molecule has 18 heavy (non-hydrogen) atoms. The van der Waals surface area contributed by atoms with Crippen LogP contribution in [0.2, 0.25) is 0 Å². The number of alkyl halides is 4. The van der Waals surface area contributed by atoms with Gasteiger partial charge in [0.05, 0.1) is 0 Å². The van der Waals surface area contributed by atoms with Gasteiger partial charge in [0.25, 0.3) is 5.91 Å². The molecule has 0 aromatic rings. The van der Waals surface area contributed by atoms with Gasteiger partial charge in [-0.25, -0.2) is 8.78 Å². The molecule has 2 atom stereocenters. The maximum atomic E-state index is 12.9. The van der Waals surface area contributed by atoms with Crippen LogP contribution in [0.3, 0.4) is 0 Å². The Bertz CT molecular complexity index is 289. The molecule has 8 heteroatoms. The average Bonchev–Trinajstić information content (AvgIpc) is 2.27. The van der Waals surface area contributed by atoms with E-state index in [9.17, 15) is 22.4 Å². The van der Waals surface area contributed by atoms with Crippen LogP contribution in [-0.4, -0.2) is 42.3 Å². The third-order valence-electron chi connectivity index (χ3n) is 3.05. The summed E-state index contributed by atoms with van der Waals surface area (Å²) in [7, 11) is 0. The Balaban J connectivity index is 0.00000289. The number of likely N-dealkylation sites (tertiary alicyclic amines) is 1. The second-order valence-corrected chi connectivity index (χ2v) is 4.44. The first kappa shape index (κ1) is 17.4. The van der Waals surface area contributed by atoms with Crippen molar-refractivity contribution < 1.29 is 22.4 Å². The lowest BCUT2D eigenvalue weighted by molar-refractivity contribution is -0.182. The van der Waals surface area contributed by atoms with Gasteiger partial charge in [-0.2, -0.15) is 8.78 Å². The van der Waals surface area contributed by atoms with E-state index in [1.54, 1.807) is 6.92 Å². The molecule has 1 fully saturated rings. The van der Waals surface area contributed by atoms with Gasteiger partial charge in [0.1, 0.15) is 0 Å². The van der Waals surface area contributed by atoms with Crippen LogP contribution in [0.5, 0.6) is 0 Å². The maximum absolute atomic E-state index is 12.9. The van der Waals surface area contributed by atoms with Crippen molar-refractivity contribution in [1.29, 1.82) is 0 Å². The van der Waals surface area contributed by atoms with Crippen LogP contribution in [0.4, 0.5) is 17.6 Å². The molecule has 1 heterocycles. The Kier molecular flexibility index (Phi) is 6.36. The highest BCUT2D eigenvalue weighted by Crippen LogP contribution is 2.28. The standard InChI is InChI=1S/C10H16F4N2O.ClH/c1-6(15)7-3-2-4-16(5-7)9(17)10(13,14)8(11)12;/h6-8H,2-5,15H2,1H3;1H. The van der Waals surface area contributed by atoms with Crippen molar-refractivity contribution in [2.24, 2.45) is 11.7 Å². The van der Waals surface area contributed by atoms with Crippen LogP contribution in [0.15, 0.2) is 0 Å². The van der Waals surface area contributed by atoms with Gasteiger partial charge in [-0.05, 0) is 25.7 Å². The molecule has 0 aliphatic carbocycles. The highest BCUT2D eigenvalue weighted by atomic mass is 35.5. The lowest BCUT2D eigenvalue weighted by atomic mass is 9.92. The molecule has 108 valence electrons. The summed E-state index contributed by atoms with van der Waals surface area (Å²) in [6.45, 7) is 1.83. The molecule has 0 saturated carbocycles. The summed E-state index contributed by atoms with van der Waals surface area (Å²) in [6.07, 6.45) is -2.73.